The highest BCUT2D eigenvalue weighted by atomic mass is 16.8. The summed E-state index contributed by atoms with van der Waals surface area (Å²) in [5.41, 5.74) is -1.07. The number of aldehydes is 1. The van der Waals surface area contributed by atoms with E-state index in [1.165, 1.54) is 7.11 Å². The Morgan fingerprint density at radius 3 is 2.13 bits per heavy atom. The Morgan fingerprint density at radius 2 is 1.46 bits per heavy atom. The zero-order valence-corrected chi connectivity index (χ0v) is 34.8. The van der Waals surface area contributed by atoms with Gasteiger partial charge >= 0.3 is 5.97 Å². The molecule has 19 heteroatoms. The lowest BCUT2D eigenvalue weighted by atomic mass is 9.43. The Labute approximate surface area is 353 Å². The number of carbonyl (C=O) groups is 2. The first-order chi connectivity index (χ1) is 29.0. The van der Waals surface area contributed by atoms with Crippen LogP contribution in [0.1, 0.15) is 71.6 Å². The van der Waals surface area contributed by atoms with Crippen molar-refractivity contribution in [2.24, 2.45) is 34.5 Å². The Bertz CT molecular complexity index is 1620. The van der Waals surface area contributed by atoms with E-state index in [0.717, 1.165) is 44.0 Å². The third-order valence-corrected chi connectivity index (χ3v) is 16.3. The van der Waals surface area contributed by atoms with Gasteiger partial charge in [-0.05, 0) is 94.0 Å². The second-order valence-electron chi connectivity index (χ2n) is 19.1. The van der Waals surface area contributed by atoms with Gasteiger partial charge in [-0.1, -0.05) is 6.92 Å². The van der Waals surface area contributed by atoms with Crippen molar-refractivity contribution in [3.63, 3.8) is 0 Å². The van der Waals surface area contributed by atoms with E-state index in [2.05, 4.69) is 6.92 Å². The number of carbonyl (C=O) groups excluding carboxylic acids is 2. The first-order valence-electron chi connectivity index (χ1n) is 21.9. The minimum absolute atomic E-state index is 0.000150. The molecule has 0 unspecified atom stereocenters. The zero-order valence-electron chi connectivity index (χ0n) is 34.8. The predicted octanol–water partition coefficient (Wildman–Crippen LogP) is -2.06. The molecule has 0 radical (unpaired) electrons. The number of methoxy groups -OCH3 is 1. The molecule has 346 valence electrons. The lowest BCUT2D eigenvalue weighted by Gasteiger charge is -2.63. The van der Waals surface area contributed by atoms with Crippen LogP contribution >= 0.6 is 0 Å². The SMILES string of the molecule is CO[C@H]1[C@@H](O)[C@@H](O[C@H]2CC[C@@]3(C=O)[C@H](CC[C@@H]4[C@@H]3CC[C@]3(C)[C@@H](C5=CC(=O)OC5)CC[C@]43O)C2)O[C@H](C)[C@@H]1O[C@@H]1O[C@H](CO[C@@H]2O[C@H](CO)[C@H](O)[C@H](O)[C@H]2O)[C@H](O)[C@H](O)[C@H]1O. The van der Waals surface area contributed by atoms with Gasteiger partial charge in [-0.25, -0.2) is 4.79 Å². The summed E-state index contributed by atoms with van der Waals surface area (Å²) in [5, 5.41) is 96.6. The topological polar surface area (TPSA) is 290 Å². The van der Waals surface area contributed by atoms with Gasteiger partial charge in [0.15, 0.2) is 18.9 Å². The molecule has 4 aliphatic carbocycles. The quantitative estimate of drug-likeness (QED) is 0.0613. The third kappa shape index (κ3) is 7.64. The highest BCUT2D eigenvalue weighted by molar-refractivity contribution is 5.85. The molecular formula is C42H64O19. The van der Waals surface area contributed by atoms with Crippen LogP contribution in [0.25, 0.3) is 0 Å². The van der Waals surface area contributed by atoms with E-state index in [4.69, 9.17) is 37.9 Å². The molecular weight excluding hydrogens is 808 g/mol. The van der Waals surface area contributed by atoms with E-state index >= 15 is 0 Å². The maximum atomic E-state index is 13.3. The number of aliphatic hydroxyl groups is 9. The number of ether oxygens (including phenoxy) is 8. The number of cyclic esters (lactones) is 1. The number of fused-ring (bicyclic) bond motifs is 5. The summed E-state index contributed by atoms with van der Waals surface area (Å²) in [5.74, 6) is -0.343. The number of hydrogen-bond donors (Lipinski definition) is 9. The second-order valence-corrected chi connectivity index (χ2v) is 19.1. The molecule has 0 aromatic rings. The molecule has 0 bridgehead atoms. The molecule has 7 fully saturated rings. The van der Waals surface area contributed by atoms with Gasteiger partial charge in [0.1, 0.15) is 80.0 Å². The number of aliphatic hydroxyl groups excluding tert-OH is 8. The third-order valence-electron chi connectivity index (χ3n) is 16.3. The van der Waals surface area contributed by atoms with Crippen LogP contribution in [0.2, 0.25) is 0 Å². The maximum absolute atomic E-state index is 13.3. The van der Waals surface area contributed by atoms with Crippen LogP contribution in [0.4, 0.5) is 0 Å². The lowest BCUT2D eigenvalue weighted by Crippen LogP contribution is -2.65. The molecule has 0 amide bonds. The van der Waals surface area contributed by atoms with Crippen molar-refractivity contribution < 1.29 is 93.4 Å². The van der Waals surface area contributed by atoms with Gasteiger partial charge < -0.3 is 88.6 Å². The average Bonchev–Trinajstić information content (AvgIpc) is 3.80. The van der Waals surface area contributed by atoms with Crippen LogP contribution < -0.4 is 0 Å². The Kier molecular flexibility index (Phi) is 13.2. The molecule has 19 nitrogen and oxygen atoms in total. The fourth-order valence-corrected chi connectivity index (χ4v) is 12.9. The van der Waals surface area contributed by atoms with Gasteiger partial charge in [-0.15, -0.1) is 0 Å². The molecule has 3 saturated heterocycles. The molecule has 0 spiro atoms. The molecule has 0 aromatic heterocycles. The molecule has 0 aromatic carbocycles. The lowest BCUT2D eigenvalue weighted by molar-refractivity contribution is -0.367. The molecule has 4 saturated carbocycles. The van der Waals surface area contributed by atoms with Crippen LogP contribution in [0.15, 0.2) is 11.6 Å². The molecule has 8 aliphatic rings. The van der Waals surface area contributed by atoms with Gasteiger partial charge in [-0.3, -0.25) is 0 Å². The minimum Gasteiger partial charge on any atom is -0.458 e. The first kappa shape index (κ1) is 45.8. The highest BCUT2D eigenvalue weighted by Crippen LogP contribution is 2.69. The van der Waals surface area contributed by atoms with Gasteiger partial charge in [0, 0.05) is 24.0 Å². The maximum Gasteiger partial charge on any atom is 0.331 e. The minimum atomic E-state index is -1.79. The summed E-state index contributed by atoms with van der Waals surface area (Å²) in [6.45, 7) is 2.83. The van der Waals surface area contributed by atoms with E-state index in [1.54, 1.807) is 13.0 Å². The summed E-state index contributed by atoms with van der Waals surface area (Å²) in [4.78, 5) is 25.3. The van der Waals surface area contributed by atoms with Crippen molar-refractivity contribution in [2.75, 3.05) is 26.9 Å². The molecule has 8 rings (SSSR count). The van der Waals surface area contributed by atoms with Crippen molar-refractivity contribution in [3.05, 3.63) is 11.6 Å². The summed E-state index contributed by atoms with van der Waals surface area (Å²) in [6, 6.07) is 0. The Hall–Kier alpha value is -1.76. The summed E-state index contributed by atoms with van der Waals surface area (Å²) in [7, 11) is 1.36. The number of rotatable bonds is 11. The van der Waals surface area contributed by atoms with E-state index < -0.39 is 122 Å². The van der Waals surface area contributed by atoms with Gasteiger partial charge in [0.25, 0.3) is 0 Å². The smallest absolute Gasteiger partial charge is 0.331 e. The van der Waals surface area contributed by atoms with E-state index in [-0.39, 0.29) is 42.4 Å². The van der Waals surface area contributed by atoms with Gasteiger partial charge in [-0.2, -0.15) is 0 Å². The van der Waals surface area contributed by atoms with Crippen molar-refractivity contribution in [3.8, 4) is 0 Å². The summed E-state index contributed by atoms with van der Waals surface area (Å²) < 4.78 is 46.4. The second kappa shape index (κ2) is 17.6. The summed E-state index contributed by atoms with van der Waals surface area (Å²) in [6.07, 6.45) is -13.2. The zero-order chi connectivity index (χ0) is 43.8. The standard InChI is InChI=1S/C42H64O19/c1-18-35(61-38-33(51)31(49)29(47)26(60-38)16-56-37-32(50)30(48)28(46)25(14-43)59-37)36(54-3)34(52)39(57-18)58-21-6-10-41(17-44)20(13-21)4-5-24-23(41)7-9-40(2)22(8-11-42(24,40)53)19-12-27(45)55-15-19/h12,17-18,20-26,28-39,43,46-53H,4-11,13-16H2,1-3H3/t18-,20-,21+,22-,23+,24-,25-,26-,28+,29+,30+,31+,32-,33-,34-,35+,36+,37-,38+,39-,40-,41-,42+/m1/s1. The van der Waals surface area contributed by atoms with Crippen molar-refractivity contribution in [1.82, 2.24) is 0 Å². The Balaban J connectivity index is 0.887. The molecule has 4 aliphatic heterocycles. The fraction of sp³-hybridized carbons (Fsp3) is 0.905. The predicted molar refractivity (Wildman–Crippen MR) is 203 cm³/mol. The van der Waals surface area contributed by atoms with Gasteiger partial charge in [0.2, 0.25) is 0 Å². The van der Waals surface area contributed by atoms with Crippen molar-refractivity contribution >= 4 is 12.3 Å². The molecule has 9 N–H and O–H groups in total. The number of esters is 1. The molecule has 23 atom stereocenters. The van der Waals surface area contributed by atoms with E-state index in [1.807, 2.05) is 0 Å². The highest BCUT2D eigenvalue weighted by Gasteiger charge is 2.69. The van der Waals surface area contributed by atoms with Crippen molar-refractivity contribution in [1.29, 1.82) is 0 Å². The largest absolute Gasteiger partial charge is 0.458 e. The molecule has 4 heterocycles. The first-order valence-corrected chi connectivity index (χ1v) is 21.9. The fourth-order valence-electron chi connectivity index (χ4n) is 12.9. The van der Waals surface area contributed by atoms with E-state index in [9.17, 15) is 55.5 Å². The molecule has 61 heavy (non-hydrogen) atoms. The summed E-state index contributed by atoms with van der Waals surface area (Å²) >= 11 is 0. The van der Waals surface area contributed by atoms with Gasteiger partial charge in [0.05, 0.1) is 31.0 Å². The van der Waals surface area contributed by atoms with Crippen LogP contribution in [0.5, 0.6) is 0 Å². The Morgan fingerprint density at radius 1 is 0.770 bits per heavy atom. The van der Waals surface area contributed by atoms with E-state index in [0.29, 0.717) is 25.7 Å². The normalized spacial score (nSPS) is 53.6. The van der Waals surface area contributed by atoms with Crippen LogP contribution in [0.3, 0.4) is 0 Å². The monoisotopic (exact) mass is 872 g/mol. The average molecular weight is 873 g/mol. The van der Waals surface area contributed by atoms with Crippen LogP contribution in [-0.4, -0.2) is 189 Å². The van der Waals surface area contributed by atoms with Crippen LogP contribution in [0, 0.1) is 34.5 Å². The van der Waals surface area contributed by atoms with Crippen LogP contribution in [-0.2, 0) is 47.5 Å². The van der Waals surface area contributed by atoms with Crippen molar-refractivity contribution in [2.45, 2.75) is 175 Å². The number of hydrogen-bond acceptors (Lipinski definition) is 19.